The quantitative estimate of drug-likeness (QED) is 0.105. The van der Waals surface area contributed by atoms with Crippen molar-refractivity contribution in [3.63, 3.8) is 0 Å². The van der Waals surface area contributed by atoms with Gasteiger partial charge in [-0.15, -0.1) is 0 Å². The standard InChI is InChI=1S/C35H31N5O9/c1-5-11-47-32(43)37-17-7-9-22-19(13-17)26-27-21(16-36-30(27)41)25-20-14-18(38-33(44)48-12-6-2)8-10-23(20)40-29(25)28(26)39(22)24-15-35(45,31(42)46-4)34(40,3)49-24/h5-10,13-14,24,45H,1-2,11-12,15-16H2,3-4H3,(H,36,41)(H,37,43)(H,38,44). The molecule has 5 heterocycles. The minimum absolute atomic E-state index is 0.0212. The van der Waals surface area contributed by atoms with Crippen molar-refractivity contribution in [1.82, 2.24) is 14.5 Å². The van der Waals surface area contributed by atoms with Crippen LogP contribution in [0.15, 0.2) is 61.7 Å². The first-order chi connectivity index (χ1) is 23.6. The number of aromatic nitrogens is 2. The number of hydrogen-bond acceptors (Lipinski definition) is 9. The van der Waals surface area contributed by atoms with E-state index in [9.17, 15) is 24.3 Å². The molecule has 14 nitrogen and oxygen atoms in total. The molecule has 0 spiro atoms. The van der Waals surface area contributed by atoms with Gasteiger partial charge in [0.1, 0.15) is 19.4 Å². The summed E-state index contributed by atoms with van der Waals surface area (Å²) in [6, 6.07) is 10.4. The average molecular weight is 666 g/mol. The second-order valence-electron chi connectivity index (χ2n) is 12.3. The number of anilines is 2. The fraction of sp³-hybridized carbons (Fsp3) is 0.257. The molecule has 0 aliphatic carbocycles. The monoisotopic (exact) mass is 665 g/mol. The van der Waals surface area contributed by atoms with E-state index in [-0.39, 0.29) is 32.1 Å². The first-order valence-electron chi connectivity index (χ1n) is 15.5. The van der Waals surface area contributed by atoms with E-state index in [1.165, 1.54) is 19.3 Å². The Morgan fingerprint density at radius 1 is 1.00 bits per heavy atom. The maximum absolute atomic E-state index is 13.7. The van der Waals surface area contributed by atoms with Crippen LogP contribution < -0.4 is 16.0 Å². The van der Waals surface area contributed by atoms with Crippen molar-refractivity contribution in [3.8, 4) is 0 Å². The van der Waals surface area contributed by atoms with Crippen LogP contribution in [0, 0.1) is 0 Å². The molecule has 3 atom stereocenters. The number of nitrogens with one attached hydrogen (secondary N) is 3. The lowest BCUT2D eigenvalue weighted by atomic mass is 9.88. The second-order valence-corrected chi connectivity index (χ2v) is 12.3. The van der Waals surface area contributed by atoms with Gasteiger partial charge in [-0.2, -0.15) is 0 Å². The molecule has 5 aromatic rings. The van der Waals surface area contributed by atoms with Crippen LogP contribution in [0.25, 0.3) is 43.6 Å². The molecule has 3 amide bonds. The highest BCUT2D eigenvalue weighted by Gasteiger charge is 2.65. The van der Waals surface area contributed by atoms with E-state index in [2.05, 4.69) is 29.1 Å². The lowest BCUT2D eigenvalue weighted by Gasteiger charge is -2.37. The van der Waals surface area contributed by atoms with Crippen molar-refractivity contribution in [1.29, 1.82) is 0 Å². The first-order valence-corrected chi connectivity index (χ1v) is 15.5. The Labute approximate surface area is 277 Å². The summed E-state index contributed by atoms with van der Waals surface area (Å²) < 4.78 is 25.9. The number of fused-ring (bicyclic) bond motifs is 13. The minimum Gasteiger partial charge on any atom is -0.467 e. The topological polar surface area (TPSA) is 171 Å². The van der Waals surface area contributed by atoms with Gasteiger partial charge in [0.25, 0.3) is 5.91 Å². The summed E-state index contributed by atoms with van der Waals surface area (Å²) in [5, 5.41) is 23.3. The molecular formula is C35H31N5O9. The van der Waals surface area contributed by atoms with Crippen molar-refractivity contribution in [2.24, 2.45) is 0 Å². The number of ether oxygens (including phenoxy) is 4. The van der Waals surface area contributed by atoms with Crippen molar-refractivity contribution in [2.75, 3.05) is 31.0 Å². The van der Waals surface area contributed by atoms with E-state index >= 15 is 0 Å². The smallest absolute Gasteiger partial charge is 0.411 e. The number of aliphatic hydroxyl groups is 1. The lowest BCUT2D eigenvalue weighted by molar-refractivity contribution is -0.202. The molecule has 2 bridgehead atoms. The van der Waals surface area contributed by atoms with E-state index < -0.39 is 35.7 Å². The van der Waals surface area contributed by atoms with Gasteiger partial charge in [0.15, 0.2) is 5.72 Å². The van der Waals surface area contributed by atoms with Crippen LogP contribution in [0.1, 0.15) is 35.5 Å². The zero-order chi connectivity index (χ0) is 34.4. The van der Waals surface area contributed by atoms with E-state index in [0.29, 0.717) is 66.1 Å². The lowest BCUT2D eigenvalue weighted by Crippen LogP contribution is -2.56. The van der Waals surface area contributed by atoms with Gasteiger partial charge in [-0.1, -0.05) is 25.3 Å². The van der Waals surface area contributed by atoms with Crippen molar-refractivity contribution >= 4 is 79.0 Å². The van der Waals surface area contributed by atoms with E-state index in [1.807, 2.05) is 4.57 Å². The molecule has 49 heavy (non-hydrogen) atoms. The Morgan fingerprint density at radius 2 is 1.61 bits per heavy atom. The third-order valence-electron chi connectivity index (χ3n) is 9.70. The molecule has 3 aliphatic rings. The molecule has 14 heteroatoms. The van der Waals surface area contributed by atoms with Gasteiger partial charge >= 0.3 is 18.2 Å². The third-order valence-corrected chi connectivity index (χ3v) is 9.70. The molecule has 3 aliphatic heterocycles. The van der Waals surface area contributed by atoms with E-state index in [0.717, 1.165) is 0 Å². The Bertz CT molecular complexity index is 2360. The van der Waals surface area contributed by atoms with Crippen LogP contribution in [-0.2, 0) is 36.0 Å². The number of rotatable bonds is 7. The minimum atomic E-state index is -2.14. The number of benzene rings is 3. The summed E-state index contributed by atoms with van der Waals surface area (Å²) in [5.41, 5.74) is 0.628. The van der Waals surface area contributed by atoms with Crippen LogP contribution in [-0.4, -0.2) is 64.2 Å². The molecule has 0 saturated carbocycles. The summed E-state index contributed by atoms with van der Waals surface area (Å²) >= 11 is 0. The molecule has 3 unspecified atom stereocenters. The molecule has 3 aromatic carbocycles. The average Bonchev–Trinajstić information content (AvgIpc) is 3.78. The predicted octanol–water partition coefficient (Wildman–Crippen LogP) is 5.12. The normalized spacial score (nSPS) is 21.9. The summed E-state index contributed by atoms with van der Waals surface area (Å²) in [6.45, 7) is 9.02. The Kier molecular flexibility index (Phi) is 6.57. The van der Waals surface area contributed by atoms with Crippen LogP contribution in [0.5, 0.6) is 0 Å². The van der Waals surface area contributed by atoms with Gasteiger partial charge in [-0.25, -0.2) is 14.4 Å². The third kappa shape index (κ3) is 4.01. The summed E-state index contributed by atoms with van der Waals surface area (Å²) in [7, 11) is 1.21. The Balaban J connectivity index is 1.49. The molecule has 4 N–H and O–H groups in total. The second kappa shape index (κ2) is 10.6. The number of amides is 3. The van der Waals surface area contributed by atoms with Gasteiger partial charge in [0, 0.05) is 45.9 Å². The Hall–Kier alpha value is -5.86. The summed E-state index contributed by atoms with van der Waals surface area (Å²) in [4.78, 5) is 52.2. The summed E-state index contributed by atoms with van der Waals surface area (Å²) in [6.07, 6.45) is 0.525. The Morgan fingerprint density at radius 3 is 2.22 bits per heavy atom. The zero-order valence-corrected chi connectivity index (χ0v) is 26.5. The SMILES string of the molecule is C=CCOC(=O)Nc1ccc2c(c1)c1c3c(c4c5cc(NC(=O)OCC=C)ccc5n5c4c1n2C1CC(O)(C(=O)OC)C5(C)O1)CNC3=O. The summed E-state index contributed by atoms with van der Waals surface area (Å²) in [5.74, 6) is -1.15. The number of esters is 1. The van der Waals surface area contributed by atoms with Gasteiger partial charge in [0.2, 0.25) is 5.60 Å². The molecule has 8 rings (SSSR count). The molecule has 1 saturated heterocycles. The predicted molar refractivity (Wildman–Crippen MR) is 179 cm³/mol. The number of methoxy groups -OCH3 is 1. The van der Waals surface area contributed by atoms with Crippen molar-refractivity contribution in [3.05, 3.63) is 72.8 Å². The van der Waals surface area contributed by atoms with Crippen LogP contribution in [0.2, 0.25) is 0 Å². The number of carbonyl (C=O) groups excluding carboxylic acids is 4. The maximum Gasteiger partial charge on any atom is 0.411 e. The van der Waals surface area contributed by atoms with Crippen molar-refractivity contribution in [2.45, 2.75) is 37.4 Å². The molecule has 250 valence electrons. The van der Waals surface area contributed by atoms with Gasteiger partial charge < -0.3 is 38.5 Å². The number of nitrogens with zero attached hydrogens (tertiary/aromatic N) is 2. The highest BCUT2D eigenvalue weighted by Crippen LogP contribution is 2.58. The highest BCUT2D eigenvalue weighted by atomic mass is 16.6. The first kappa shape index (κ1) is 30.5. The van der Waals surface area contributed by atoms with E-state index in [4.69, 9.17) is 18.9 Å². The molecule has 0 radical (unpaired) electrons. The van der Waals surface area contributed by atoms with E-state index in [1.54, 1.807) is 47.9 Å². The van der Waals surface area contributed by atoms with Crippen molar-refractivity contribution < 1.29 is 43.2 Å². The maximum atomic E-state index is 13.7. The fourth-order valence-electron chi connectivity index (χ4n) is 7.73. The zero-order valence-electron chi connectivity index (χ0n) is 26.5. The molecule has 2 aromatic heterocycles. The van der Waals surface area contributed by atoms with Gasteiger partial charge in [-0.05, 0) is 48.9 Å². The largest absolute Gasteiger partial charge is 0.467 e. The van der Waals surface area contributed by atoms with Crippen LogP contribution in [0.4, 0.5) is 21.0 Å². The van der Waals surface area contributed by atoms with Gasteiger partial charge in [0.05, 0.1) is 34.7 Å². The molecule has 1 fully saturated rings. The highest BCUT2D eigenvalue weighted by molar-refractivity contribution is 6.31. The van der Waals surface area contributed by atoms with Gasteiger partial charge in [-0.3, -0.25) is 15.4 Å². The van der Waals surface area contributed by atoms with Crippen LogP contribution in [0.3, 0.4) is 0 Å². The number of carbonyl (C=O) groups is 4. The molecular weight excluding hydrogens is 634 g/mol. The van der Waals surface area contributed by atoms with Crippen LogP contribution >= 0.6 is 0 Å². The number of hydrogen-bond donors (Lipinski definition) is 4. The fourth-order valence-corrected chi connectivity index (χ4v) is 7.73.